The molecule has 86 valence electrons. The van der Waals surface area contributed by atoms with Gasteiger partial charge in [0.25, 0.3) is 0 Å². The molecule has 2 aromatic rings. The number of rotatable bonds is 3. The van der Waals surface area contributed by atoms with Crippen LogP contribution in [0.1, 0.15) is 17.3 Å². The Kier molecular flexibility index (Phi) is 3.45. The Balaban J connectivity index is 2.26. The van der Waals surface area contributed by atoms with Gasteiger partial charge in [-0.3, -0.25) is 4.79 Å². The van der Waals surface area contributed by atoms with Crippen LogP contribution in [0.3, 0.4) is 0 Å². The maximum absolute atomic E-state index is 11.2. The van der Waals surface area contributed by atoms with Crippen molar-refractivity contribution in [2.45, 2.75) is 6.92 Å². The van der Waals surface area contributed by atoms with E-state index in [1.807, 2.05) is 30.3 Å². The summed E-state index contributed by atoms with van der Waals surface area (Å²) in [5.74, 6) is 1.24. The van der Waals surface area contributed by atoms with Crippen molar-refractivity contribution in [2.24, 2.45) is 0 Å². The third-order valence-electron chi connectivity index (χ3n) is 2.31. The minimum absolute atomic E-state index is 0.0156. The molecule has 0 saturated heterocycles. The first-order chi connectivity index (χ1) is 8.16. The van der Waals surface area contributed by atoms with E-state index in [-0.39, 0.29) is 5.78 Å². The van der Waals surface area contributed by atoms with Gasteiger partial charge in [-0.25, -0.2) is 0 Å². The molecule has 0 aliphatic rings. The number of carbonyl (C=O) groups is 1. The average molecular weight is 247 g/mol. The van der Waals surface area contributed by atoms with Crippen molar-refractivity contribution >= 4 is 17.4 Å². The molecule has 0 aromatic heterocycles. The van der Waals surface area contributed by atoms with Crippen molar-refractivity contribution in [2.75, 3.05) is 0 Å². The second-order valence-corrected chi connectivity index (χ2v) is 4.02. The highest BCUT2D eigenvalue weighted by molar-refractivity contribution is 6.32. The molecule has 0 spiro atoms. The predicted molar refractivity (Wildman–Crippen MR) is 68.0 cm³/mol. The summed E-state index contributed by atoms with van der Waals surface area (Å²) >= 11 is 6.05. The fourth-order valence-corrected chi connectivity index (χ4v) is 1.64. The quantitative estimate of drug-likeness (QED) is 0.754. The molecule has 0 saturated carbocycles. The number of halogens is 1. The molecule has 2 nitrogen and oxygen atoms in total. The van der Waals surface area contributed by atoms with E-state index < -0.39 is 0 Å². The molecule has 0 aliphatic heterocycles. The highest BCUT2D eigenvalue weighted by Gasteiger charge is 2.06. The number of ether oxygens (including phenoxy) is 1. The normalized spacial score (nSPS) is 10.0. The van der Waals surface area contributed by atoms with Gasteiger partial charge < -0.3 is 4.74 Å². The summed E-state index contributed by atoms with van der Waals surface area (Å²) in [6.07, 6.45) is 0. The summed E-state index contributed by atoms with van der Waals surface area (Å²) < 4.78 is 5.60. The van der Waals surface area contributed by atoms with Crippen molar-refractivity contribution in [3.63, 3.8) is 0 Å². The van der Waals surface area contributed by atoms with Crippen LogP contribution in [0.5, 0.6) is 11.5 Å². The molecule has 0 aliphatic carbocycles. The molecule has 2 rings (SSSR count). The van der Waals surface area contributed by atoms with Gasteiger partial charge in [-0.15, -0.1) is 0 Å². The van der Waals surface area contributed by atoms with E-state index in [2.05, 4.69) is 0 Å². The SMILES string of the molecule is CC(=O)c1ccc(Oc2ccccc2)c(Cl)c1. The van der Waals surface area contributed by atoms with Crippen LogP contribution >= 0.6 is 11.6 Å². The van der Waals surface area contributed by atoms with Crippen molar-refractivity contribution in [1.82, 2.24) is 0 Å². The molecule has 0 heterocycles. The maximum Gasteiger partial charge on any atom is 0.159 e. The molecule has 0 unspecified atom stereocenters. The van der Waals surface area contributed by atoms with Crippen LogP contribution in [0.15, 0.2) is 48.5 Å². The highest BCUT2D eigenvalue weighted by atomic mass is 35.5. The Morgan fingerprint density at radius 3 is 2.41 bits per heavy atom. The lowest BCUT2D eigenvalue weighted by atomic mass is 10.1. The second-order valence-electron chi connectivity index (χ2n) is 3.62. The van der Waals surface area contributed by atoms with Crippen LogP contribution in [-0.2, 0) is 0 Å². The van der Waals surface area contributed by atoms with Gasteiger partial charge in [0.05, 0.1) is 5.02 Å². The van der Waals surface area contributed by atoms with E-state index in [1.165, 1.54) is 6.92 Å². The Morgan fingerprint density at radius 2 is 1.82 bits per heavy atom. The Bertz CT molecular complexity index is 535. The molecule has 0 atom stereocenters. The van der Waals surface area contributed by atoms with Gasteiger partial charge >= 0.3 is 0 Å². The van der Waals surface area contributed by atoms with Crippen LogP contribution in [-0.4, -0.2) is 5.78 Å². The lowest BCUT2D eigenvalue weighted by Crippen LogP contribution is -1.92. The molecule has 3 heteroatoms. The van der Waals surface area contributed by atoms with Crippen molar-refractivity contribution in [3.05, 3.63) is 59.1 Å². The molecule has 17 heavy (non-hydrogen) atoms. The summed E-state index contributed by atoms with van der Waals surface area (Å²) in [7, 11) is 0. The zero-order chi connectivity index (χ0) is 12.3. The van der Waals surface area contributed by atoms with Gasteiger partial charge in [-0.05, 0) is 37.3 Å². The van der Waals surface area contributed by atoms with Crippen molar-refractivity contribution in [1.29, 1.82) is 0 Å². The molecular weight excluding hydrogens is 236 g/mol. The number of carbonyl (C=O) groups excluding carboxylic acids is 1. The first kappa shape index (κ1) is 11.7. The number of benzene rings is 2. The monoisotopic (exact) mass is 246 g/mol. The molecule has 0 fully saturated rings. The highest BCUT2D eigenvalue weighted by Crippen LogP contribution is 2.30. The smallest absolute Gasteiger partial charge is 0.159 e. The lowest BCUT2D eigenvalue weighted by Gasteiger charge is -2.08. The van der Waals surface area contributed by atoms with Crippen molar-refractivity contribution < 1.29 is 9.53 Å². The van der Waals surface area contributed by atoms with Crippen molar-refractivity contribution in [3.8, 4) is 11.5 Å². The standard InChI is InChI=1S/C14H11ClO2/c1-10(16)11-7-8-14(13(15)9-11)17-12-5-3-2-4-6-12/h2-9H,1H3. The number of Topliss-reactive ketones (excluding diaryl/α,β-unsaturated/α-hetero) is 1. The van der Waals surface area contributed by atoms with Gasteiger partial charge in [-0.1, -0.05) is 29.8 Å². The van der Waals surface area contributed by atoms with E-state index in [0.717, 1.165) is 0 Å². The topological polar surface area (TPSA) is 26.3 Å². The third kappa shape index (κ3) is 2.86. The van der Waals surface area contributed by atoms with E-state index >= 15 is 0 Å². The van der Waals surface area contributed by atoms with E-state index in [4.69, 9.17) is 16.3 Å². The summed E-state index contributed by atoms with van der Waals surface area (Å²) in [5.41, 5.74) is 0.579. The number of para-hydroxylation sites is 1. The van der Waals surface area contributed by atoms with Crippen LogP contribution in [0, 0.1) is 0 Å². The van der Waals surface area contributed by atoms with Crippen LogP contribution in [0.25, 0.3) is 0 Å². The molecule has 0 N–H and O–H groups in total. The zero-order valence-electron chi connectivity index (χ0n) is 9.31. The van der Waals surface area contributed by atoms with Gasteiger partial charge in [0.15, 0.2) is 5.78 Å². The Morgan fingerprint density at radius 1 is 1.12 bits per heavy atom. The maximum atomic E-state index is 11.2. The summed E-state index contributed by atoms with van der Waals surface area (Å²) in [4.78, 5) is 11.2. The molecule has 2 aromatic carbocycles. The van der Waals surface area contributed by atoms with E-state index in [9.17, 15) is 4.79 Å². The largest absolute Gasteiger partial charge is 0.456 e. The Hall–Kier alpha value is -1.80. The van der Waals surface area contributed by atoms with Crippen LogP contribution in [0.2, 0.25) is 5.02 Å². The van der Waals surface area contributed by atoms with Crippen LogP contribution < -0.4 is 4.74 Å². The first-order valence-corrected chi connectivity index (χ1v) is 5.58. The summed E-state index contributed by atoms with van der Waals surface area (Å²) in [6.45, 7) is 1.50. The molecule has 0 bridgehead atoms. The number of ketones is 1. The number of hydrogen-bond donors (Lipinski definition) is 0. The fraction of sp³-hybridized carbons (Fsp3) is 0.0714. The van der Waals surface area contributed by atoms with Crippen LogP contribution in [0.4, 0.5) is 0 Å². The predicted octanol–water partition coefficient (Wildman–Crippen LogP) is 4.33. The van der Waals surface area contributed by atoms with E-state index in [1.54, 1.807) is 18.2 Å². The van der Waals surface area contributed by atoms with E-state index in [0.29, 0.717) is 22.1 Å². The minimum atomic E-state index is -0.0156. The van der Waals surface area contributed by atoms with Gasteiger partial charge in [0.1, 0.15) is 11.5 Å². The van der Waals surface area contributed by atoms with Gasteiger partial charge in [0.2, 0.25) is 0 Å². The Labute approximate surface area is 105 Å². The van der Waals surface area contributed by atoms with Gasteiger partial charge in [-0.2, -0.15) is 0 Å². The average Bonchev–Trinajstić information content (AvgIpc) is 2.33. The zero-order valence-corrected chi connectivity index (χ0v) is 10.1. The minimum Gasteiger partial charge on any atom is -0.456 e. The molecular formula is C14H11ClO2. The second kappa shape index (κ2) is 5.02. The molecule has 0 amide bonds. The number of hydrogen-bond acceptors (Lipinski definition) is 2. The first-order valence-electron chi connectivity index (χ1n) is 5.20. The van der Waals surface area contributed by atoms with Gasteiger partial charge in [0, 0.05) is 5.56 Å². The molecule has 0 radical (unpaired) electrons. The fourth-order valence-electron chi connectivity index (χ4n) is 1.42. The third-order valence-corrected chi connectivity index (χ3v) is 2.60. The summed E-state index contributed by atoms with van der Waals surface area (Å²) in [5, 5.41) is 0.432. The summed E-state index contributed by atoms with van der Waals surface area (Å²) in [6, 6.07) is 14.4. The lowest BCUT2D eigenvalue weighted by molar-refractivity contribution is 0.101.